The van der Waals surface area contributed by atoms with Gasteiger partial charge in [-0.15, -0.1) is 0 Å². The average molecular weight is 461 g/mol. The topological polar surface area (TPSA) is 121 Å². The molecule has 1 amide bonds. The van der Waals surface area contributed by atoms with Gasteiger partial charge >= 0.3 is 5.97 Å². The number of hydrogen-bond acceptors (Lipinski definition) is 5. The number of carbonyl (C=O) groups excluding carboxylic acids is 1. The molecule has 0 saturated heterocycles. The first-order chi connectivity index (χ1) is 13.8. The first-order valence-electron chi connectivity index (χ1n) is 8.49. The number of benzene rings is 2. The number of rotatable bonds is 7. The van der Waals surface area contributed by atoms with Crippen molar-refractivity contribution in [2.24, 2.45) is 0 Å². The Labute approximate surface area is 174 Å². The van der Waals surface area contributed by atoms with Crippen LogP contribution in [0.2, 0.25) is 0 Å². The first kappa shape index (κ1) is 20.3. The molecule has 0 aliphatic rings. The third-order valence-electron chi connectivity index (χ3n) is 4.09. The Bertz CT molecular complexity index is 1030. The summed E-state index contributed by atoms with van der Waals surface area (Å²) < 4.78 is 7.43. The number of anilines is 1. The van der Waals surface area contributed by atoms with E-state index >= 15 is 0 Å². The number of nitrogens with one attached hydrogen (secondary N) is 1. The fourth-order valence-corrected chi connectivity index (χ4v) is 2.99. The lowest BCUT2D eigenvalue weighted by Gasteiger charge is -2.11. The molecule has 3 rings (SSSR count). The van der Waals surface area contributed by atoms with Gasteiger partial charge < -0.3 is 25.4 Å². The molecule has 3 aromatic rings. The van der Waals surface area contributed by atoms with E-state index in [1.165, 1.54) is 28.8 Å². The first-order valence-corrected chi connectivity index (χ1v) is 9.29. The van der Waals surface area contributed by atoms with E-state index in [2.05, 4.69) is 21.2 Å². The maximum absolute atomic E-state index is 12.4. The van der Waals surface area contributed by atoms with Crippen molar-refractivity contribution in [1.29, 1.82) is 0 Å². The zero-order valence-electron chi connectivity index (χ0n) is 15.0. The van der Waals surface area contributed by atoms with Gasteiger partial charge in [0.15, 0.2) is 11.8 Å². The zero-order valence-corrected chi connectivity index (χ0v) is 16.6. The minimum absolute atomic E-state index is 0.0239. The lowest BCUT2D eigenvalue weighted by atomic mass is 10.1. The van der Waals surface area contributed by atoms with Crippen molar-refractivity contribution in [3.63, 3.8) is 0 Å². The van der Waals surface area contributed by atoms with E-state index in [9.17, 15) is 24.9 Å². The Balaban J connectivity index is 1.61. The van der Waals surface area contributed by atoms with Crippen molar-refractivity contribution in [3.8, 4) is 17.5 Å². The maximum Gasteiger partial charge on any atom is 0.337 e. The molecule has 29 heavy (non-hydrogen) atoms. The molecule has 4 N–H and O–H groups in total. The minimum Gasteiger partial charge on any atom is -0.494 e. The van der Waals surface area contributed by atoms with E-state index in [0.29, 0.717) is 15.8 Å². The summed E-state index contributed by atoms with van der Waals surface area (Å²) in [5.74, 6) is -1.23. The quantitative estimate of drug-likeness (QED) is 0.426. The Kier molecular flexibility index (Phi) is 6.08. The van der Waals surface area contributed by atoms with E-state index < -0.39 is 11.9 Å². The number of carboxylic acids is 1. The van der Waals surface area contributed by atoms with Crippen LogP contribution in [-0.4, -0.2) is 38.4 Å². The molecular formula is C20H17BrN2O6. The molecule has 0 saturated carbocycles. The van der Waals surface area contributed by atoms with Crippen LogP contribution in [0, 0.1) is 0 Å². The minimum atomic E-state index is -1.15. The smallest absolute Gasteiger partial charge is 0.337 e. The molecular weight excluding hydrogens is 444 g/mol. The summed E-state index contributed by atoms with van der Waals surface area (Å²) in [4.78, 5) is 23.8. The van der Waals surface area contributed by atoms with Gasteiger partial charge in [-0.1, -0.05) is 15.9 Å². The van der Waals surface area contributed by atoms with Crippen LogP contribution in [0.15, 0.2) is 59.1 Å². The van der Waals surface area contributed by atoms with Gasteiger partial charge in [0.25, 0.3) is 5.91 Å². The fraction of sp³-hybridized carbons (Fsp3) is 0.100. The highest BCUT2D eigenvalue weighted by molar-refractivity contribution is 9.10. The van der Waals surface area contributed by atoms with Crippen molar-refractivity contribution >= 4 is 33.5 Å². The van der Waals surface area contributed by atoms with E-state index in [4.69, 9.17) is 4.74 Å². The summed E-state index contributed by atoms with van der Waals surface area (Å²) in [5.41, 5.74) is 0.499. The molecule has 2 aromatic carbocycles. The van der Waals surface area contributed by atoms with Crippen LogP contribution in [0.3, 0.4) is 0 Å². The largest absolute Gasteiger partial charge is 0.494 e. The molecule has 0 aliphatic heterocycles. The van der Waals surface area contributed by atoms with Crippen LogP contribution in [0.25, 0.3) is 0 Å². The van der Waals surface area contributed by atoms with Crippen molar-refractivity contribution in [2.45, 2.75) is 6.54 Å². The summed E-state index contributed by atoms with van der Waals surface area (Å²) in [6, 6.07) is 13.6. The number of carboxylic acid groups (broad SMARTS) is 1. The van der Waals surface area contributed by atoms with Crippen molar-refractivity contribution in [1.82, 2.24) is 4.57 Å². The second kappa shape index (κ2) is 8.70. The zero-order chi connectivity index (χ0) is 21.0. The molecule has 0 unspecified atom stereocenters. The molecule has 150 valence electrons. The lowest BCUT2D eigenvalue weighted by Crippen LogP contribution is -2.15. The van der Waals surface area contributed by atoms with Crippen molar-refractivity contribution < 1.29 is 29.6 Å². The summed E-state index contributed by atoms with van der Waals surface area (Å²) in [5, 5.41) is 31.0. The molecule has 1 heterocycles. The molecule has 9 heteroatoms. The standard InChI is InChI=1S/C20H17BrN2O6/c21-13-3-6-16(15(11-13)20(27)28)22-19(26)12-1-4-14(5-2-12)29-10-9-23-17(24)7-8-18(23)25/h1-8,11,24-25H,9-10H2,(H,22,26)(H,27,28). The predicted molar refractivity (Wildman–Crippen MR) is 109 cm³/mol. The van der Waals surface area contributed by atoms with Crippen molar-refractivity contribution in [3.05, 3.63) is 70.2 Å². The summed E-state index contributed by atoms with van der Waals surface area (Å²) in [6.45, 7) is 0.441. The van der Waals surface area contributed by atoms with Gasteiger partial charge in [-0.2, -0.15) is 0 Å². The SMILES string of the molecule is O=C(Nc1ccc(Br)cc1C(=O)O)c1ccc(OCCn2c(O)ccc2O)cc1. The highest BCUT2D eigenvalue weighted by Crippen LogP contribution is 2.23. The van der Waals surface area contributed by atoms with Crippen LogP contribution >= 0.6 is 15.9 Å². The predicted octanol–water partition coefficient (Wildman–Crippen LogP) is 3.69. The van der Waals surface area contributed by atoms with Crippen LogP contribution < -0.4 is 10.1 Å². The number of ether oxygens (including phenoxy) is 1. The molecule has 0 atom stereocenters. The van der Waals surface area contributed by atoms with E-state index in [1.54, 1.807) is 30.3 Å². The van der Waals surface area contributed by atoms with Gasteiger partial charge in [-0.25, -0.2) is 4.79 Å². The molecule has 8 nitrogen and oxygen atoms in total. The monoisotopic (exact) mass is 460 g/mol. The number of hydrogen-bond donors (Lipinski definition) is 4. The number of carbonyl (C=O) groups is 2. The number of aromatic nitrogens is 1. The number of aromatic carboxylic acids is 1. The van der Waals surface area contributed by atoms with E-state index in [0.717, 1.165) is 0 Å². The third kappa shape index (κ3) is 4.88. The summed E-state index contributed by atoms with van der Waals surface area (Å²) in [6.07, 6.45) is 0. The Morgan fingerprint density at radius 3 is 2.28 bits per heavy atom. The lowest BCUT2D eigenvalue weighted by molar-refractivity contribution is 0.0698. The molecule has 0 bridgehead atoms. The van der Waals surface area contributed by atoms with Gasteiger partial charge in [-0.3, -0.25) is 9.36 Å². The highest BCUT2D eigenvalue weighted by Gasteiger charge is 2.14. The van der Waals surface area contributed by atoms with Gasteiger partial charge in [0.2, 0.25) is 0 Å². The fourth-order valence-electron chi connectivity index (χ4n) is 2.63. The Morgan fingerprint density at radius 1 is 1.00 bits per heavy atom. The molecule has 0 aliphatic carbocycles. The second-order valence-corrected chi connectivity index (χ2v) is 6.94. The maximum atomic E-state index is 12.4. The van der Waals surface area contributed by atoms with Gasteiger partial charge in [-0.05, 0) is 42.5 Å². The number of amides is 1. The van der Waals surface area contributed by atoms with Crippen LogP contribution in [0.1, 0.15) is 20.7 Å². The Morgan fingerprint density at radius 2 is 1.66 bits per heavy atom. The van der Waals surface area contributed by atoms with Crippen LogP contribution in [-0.2, 0) is 6.54 Å². The third-order valence-corrected chi connectivity index (χ3v) is 4.59. The van der Waals surface area contributed by atoms with E-state index in [1.807, 2.05) is 0 Å². The van der Waals surface area contributed by atoms with E-state index in [-0.39, 0.29) is 36.2 Å². The molecule has 0 spiro atoms. The van der Waals surface area contributed by atoms with Crippen LogP contribution in [0.5, 0.6) is 17.5 Å². The Hall–Kier alpha value is -3.46. The van der Waals surface area contributed by atoms with Crippen LogP contribution in [0.4, 0.5) is 5.69 Å². The summed E-state index contributed by atoms with van der Waals surface area (Å²) >= 11 is 3.21. The van der Waals surface area contributed by atoms with Gasteiger partial charge in [0, 0.05) is 22.2 Å². The molecule has 0 fully saturated rings. The van der Waals surface area contributed by atoms with Gasteiger partial charge in [0.05, 0.1) is 17.8 Å². The molecule has 1 aromatic heterocycles. The normalized spacial score (nSPS) is 10.5. The average Bonchev–Trinajstić information content (AvgIpc) is 3.01. The number of nitrogens with zero attached hydrogens (tertiary/aromatic N) is 1. The second-order valence-electron chi connectivity index (χ2n) is 6.02. The molecule has 0 radical (unpaired) electrons. The van der Waals surface area contributed by atoms with Crippen molar-refractivity contribution in [2.75, 3.05) is 11.9 Å². The highest BCUT2D eigenvalue weighted by atomic mass is 79.9. The van der Waals surface area contributed by atoms with Gasteiger partial charge in [0.1, 0.15) is 12.4 Å². The number of halogens is 1. The number of aromatic hydroxyl groups is 2. The summed E-state index contributed by atoms with van der Waals surface area (Å²) in [7, 11) is 0.